The Balaban J connectivity index is 2.20. The van der Waals surface area contributed by atoms with Gasteiger partial charge >= 0.3 is 0 Å². The van der Waals surface area contributed by atoms with E-state index in [1.807, 2.05) is 6.07 Å². The van der Waals surface area contributed by atoms with Gasteiger partial charge in [-0.1, -0.05) is 0 Å². The molecule has 2 atom stereocenters. The zero-order valence-corrected chi connectivity index (χ0v) is 6.75. The molecule has 62 valence electrons. The van der Waals surface area contributed by atoms with Crippen LogP contribution in [0.4, 0.5) is 0 Å². The van der Waals surface area contributed by atoms with E-state index >= 15 is 0 Å². The second-order valence-electron chi connectivity index (χ2n) is 2.70. The van der Waals surface area contributed by atoms with Gasteiger partial charge in [0, 0.05) is 6.61 Å². The maximum Gasteiger partial charge on any atom is 0.159 e. The fourth-order valence-electron chi connectivity index (χ4n) is 1.08. The highest BCUT2D eigenvalue weighted by molar-refractivity contribution is 4.79. The van der Waals surface area contributed by atoms with E-state index in [1.165, 1.54) is 0 Å². The molecule has 0 aliphatic carbocycles. The third-order valence-corrected chi connectivity index (χ3v) is 1.68. The zero-order valence-electron chi connectivity index (χ0n) is 6.75. The van der Waals surface area contributed by atoms with E-state index < -0.39 is 0 Å². The van der Waals surface area contributed by atoms with Gasteiger partial charge in [0.1, 0.15) is 6.10 Å². The average Bonchev–Trinajstić information content (AvgIpc) is 2.06. The van der Waals surface area contributed by atoms with Gasteiger partial charge in [0.15, 0.2) is 6.29 Å². The molecular weight excluding hydrogens is 142 g/mol. The second-order valence-corrected chi connectivity index (χ2v) is 2.70. The number of nitrogens with zero attached hydrogens (tertiary/aromatic N) is 1. The van der Waals surface area contributed by atoms with E-state index in [9.17, 15) is 0 Å². The van der Waals surface area contributed by atoms with E-state index in [4.69, 9.17) is 14.7 Å². The number of rotatable bonds is 2. The summed E-state index contributed by atoms with van der Waals surface area (Å²) in [5.74, 6) is 0. The van der Waals surface area contributed by atoms with Crippen LogP contribution in [0.3, 0.4) is 0 Å². The van der Waals surface area contributed by atoms with E-state index in [2.05, 4.69) is 0 Å². The predicted octanol–water partition coefficient (Wildman–Crippen LogP) is 1.44. The van der Waals surface area contributed by atoms with Crippen molar-refractivity contribution in [1.29, 1.82) is 5.26 Å². The second kappa shape index (κ2) is 4.32. The van der Waals surface area contributed by atoms with Gasteiger partial charge in [-0.25, -0.2) is 0 Å². The first-order valence-electron chi connectivity index (χ1n) is 3.99. The molecule has 0 saturated carbocycles. The quantitative estimate of drug-likeness (QED) is 0.606. The molecule has 11 heavy (non-hydrogen) atoms. The van der Waals surface area contributed by atoms with Gasteiger partial charge in [-0.3, -0.25) is 0 Å². The smallest absolute Gasteiger partial charge is 0.159 e. The molecule has 0 N–H and O–H groups in total. The molecule has 0 radical (unpaired) electrons. The molecule has 3 nitrogen and oxygen atoms in total. The van der Waals surface area contributed by atoms with Crippen LogP contribution in [0.1, 0.15) is 26.2 Å². The first-order valence-corrected chi connectivity index (χ1v) is 3.99. The van der Waals surface area contributed by atoms with Crippen molar-refractivity contribution in [2.24, 2.45) is 0 Å². The molecule has 1 saturated heterocycles. The molecule has 0 amide bonds. The molecule has 1 aliphatic heterocycles. The average molecular weight is 155 g/mol. The third kappa shape index (κ3) is 2.87. The summed E-state index contributed by atoms with van der Waals surface area (Å²) >= 11 is 0. The minimum atomic E-state index is -0.349. The lowest BCUT2D eigenvalue weighted by molar-refractivity contribution is -0.173. The SMILES string of the molecule is CC(C#N)OC1CCCCO1. The zero-order chi connectivity index (χ0) is 8.10. The minimum absolute atomic E-state index is 0.140. The lowest BCUT2D eigenvalue weighted by Crippen LogP contribution is -2.25. The summed E-state index contributed by atoms with van der Waals surface area (Å²) in [4.78, 5) is 0. The van der Waals surface area contributed by atoms with Gasteiger partial charge < -0.3 is 9.47 Å². The molecule has 1 rings (SSSR count). The van der Waals surface area contributed by atoms with Crippen LogP contribution < -0.4 is 0 Å². The molecule has 0 aromatic rings. The Morgan fingerprint density at radius 2 is 2.45 bits per heavy atom. The van der Waals surface area contributed by atoms with Crippen LogP contribution in [0, 0.1) is 11.3 Å². The van der Waals surface area contributed by atoms with Crippen molar-refractivity contribution in [2.75, 3.05) is 6.61 Å². The van der Waals surface area contributed by atoms with Crippen molar-refractivity contribution in [1.82, 2.24) is 0 Å². The lowest BCUT2D eigenvalue weighted by Gasteiger charge is -2.23. The minimum Gasteiger partial charge on any atom is -0.353 e. The van der Waals surface area contributed by atoms with Crippen molar-refractivity contribution in [3.05, 3.63) is 0 Å². The van der Waals surface area contributed by atoms with E-state index in [-0.39, 0.29) is 12.4 Å². The Morgan fingerprint density at radius 3 is 3.00 bits per heavy atom. The molecule has 1 heterocycles. The summed E-state index contributed by atoms with van der Waals surface area (Å²) < 4.78 is 10.5. The first kappa shape index (κ1) is 8.51. The largest absolute Gasteiger partial charge is 0.353 e. The molecule has 0 aromatic heterocycles. The van der Waals surface area contributed by atoms with E-state index in [1.54, 1.807) is 6.92 Å². The fraction of sp³-hybridized carbons (Fsp3) is 0.875. The standard InChI is InChI=1S/C8H13NO2/c1-7(6-9)11-8-4-2-3-5-10-8/h7-8H,2-5H2,1H3. The maximum absolute atomic E-state index is 8.43. The lowest BCUT2D eigenvalue weighted by atomic mass is 10.2. The van der Waals surface area contributed by atoms with Gasteiger partial charge in [0.2, 0.25) is 0 Å². The summed E-state index contributed by atoms with van der Waals surface area (Å²) in [5.41, 5.74) is 0. The number of hydrogen-bond acceptors (Lipinski definition) is 3. The Kier molecular flexibility index (Phi) is 3.34. The van der Waals surface area contributed by atoms with Crippen LogP contribution in [0.15, 0.2) is 0 Å². The van der Waals surface area contributed by atoms with Gasteiger partial charge in [0.05, 0.1) is 6.07 Å². The van der Waals surface area contributed by atoms with Crippen LogP contribution >= 0.6 is 0 Å². The Hall–Kier alpha value is -0.590. The topological polar surface area (TPSA) is 42.2 Å². The van der Waals surface area contributed by atoms with Crippen LogP contribution in [0.25, 0.3) is 0 Å². The van der Waals surface area contributed by atoms with Crippen LogP contribution in [-0.2, 0) is 9.47 Å². The Morgan fingerprint density at radius 1 is 1.64 bits per heavy atom. The van der Waals surface area contributed by atoms with Gasteiger partial charge in [-0.05, 0) is 26.2 Å². The van der Waals surface area contributed by atoms with E-state index in [0.717, 1.165) is 25.9 Å². The van der Waals surface area contributed by atoms with Crippen molar-refractivity contribution in [3.8, 4) is 6.07 Å². The van der Waals surface area contributed by atoms with Crippen LogP contribution in [0.2, 0.25) is 0 Å². The summed E-state index contributed by atoms with van der Waals surface area (Å²) in [6, 6.07) is 2.01. The number of hydrogen-bond donors (Lipinski definition) is 0. The van der Waals surface area contributed by atoms with Crippen LogP contribution in [0.5, 0.6) is 0 Å². The van der Waals surface area contributed by atoms with Crippen LogP contribution in [-0.4, -0.2) is 19.0 Å². The highest BCUT2D eigenvalue weighted by atomic mass is 16.7. The van der Waals surface area contributed by atoms with Gasteiger partial charge in [-0.15, -0.1) is 0 Å². The summed E-state index contributed by atoms with van der Waals surface area (Å²) in [6.45, 7) is 2.50. The monoisotopic (exact) mass is 155 g/mol. The number of nitriles is 1. The Bertz CT molecular complexity index is 147. The molecule has 2 unspecified atom stereocenters. The highest BCUT2D eigenvalue weighted by Gasteiger charge is 2.16. The summed E-state index contributed by atoms with van der Waals surface area (Å²) in [6.07, 6.45) is 2.69. The summed E-state index contributed by atoms with van der Waals surface area (Å²) in [5, 5.41) is 8.43. The first-order chi connectivity index (χ1) is 5.33. The fourth-order valence-corrected chi connectivity index (χ4v) is 1.08. The molecule has 3 heteroatoms. The Labute approximate surface area is 66.9 Å². The van der Waals surface area contributed by atoms with Crippen molar-refractivity contribution < 1.29 is 9.47 Å². The highest BCUT2D eigenvalue weighted by Crippen LogP contribution is 2.14. The molecule has 0 bridgehead atoms. The third-order valence-electron chi connectivity index (χ3n) is 1.68. The molecule has 0 aromatic carbocycles. The van der Waals surface area contributed by atoms with E-state index in [0.29, 0.717) is 0 Å². The van der Waals surface area contributed by atoms with Gasteiger partial charge in [-0.2, -0.15) is 5.26 Å². The molecule has 1 aliphatic rings. The molecule has 0 spiro atoms. The summed E-state index contributed by atoms with van der Waals surface area (Å²) in [7, 11) is 0. The number of ether oxygens (including phenoxy) is 2. The molecular formula is C8H13NO2. The van der Waals surface area contributed by atoms with Crippen molar-refractivity contribution >= 4 is 0 Å². The molecule has 1 fully saturated rings. The predicted molar refractivity (Wildman–Crippen MR) is 39.8 cm³/mol. The van der Waals surface area contributed by atoms with Crippen molar-refractivity contribution in [2.45, 2.75) is 38.6 Å². The maximum atomic E-state index is 8.43. The normalized spacial score (nSPS) is 27.5. The van der Waals surface area contributed by atoms with Crippen molar-refractivity contribution in [3.63, 3.8) is 0 Å². The van der Waals surface area contributed by atoms with Gasteiger partial charge in [0.25, 0.3) is 0 Å².